The first kappa shape index (κ1) is 24.9. The second-order valence-corrected chi connectivity index (χ2v) is 9.19. The maximum Gasteiger partial charge on any atom is 0.338 e. The Kier molecular flexibility index (Phi) is 6.77. The van der Waals surface area contributed by atoms with Crippen LogP contribution in [0.5, 0.6) is 0 Å². The van der Waals surface area contributed by atoms with Crippen molar-refractivity contribution in [1.29, 1.82) is 5.26 Å². The Morgan fingerprint density at radius 3 is 2.47 bits per heavy atom. The van der Waals surface area contributed by atoms with E-state index < -0.39 is 18.0 Å². The molecule has 10 heteroatoms. The van der Waals surface area contributed by atoms with Crippen LogP contribution in [-0.2, 0) is 14.3 Å². The summed E-state index contributed by atoms with van der Waals surface area (Å²) in [5.74, 6) is 0.0901. The average molecular weight is 527 g/mol. The van der Waals surface area contributed by atoms with E-state index in [-0.39, 0.29) is 22.9 Å². The average Bonchev–Trinajstić information content (AvgIpc) is 3.57. The monoisotopic (exact) mass is 526 g/mol. The first-order chi connectivity index (χ1) is 18.5. The molecule has 0 radical (unpaired) electrons. The second kappa shape index (κ2) is 10.3. The molecule has 0 aliphatic carbocycles. The number of benzene rings is 2. The van der Waals surface area contributed by atoms with E-state index in [1.165, 1.54) is 7.11 Å². The van der Waals surface area contributed by atoms with Crippen LogP contribution in [0.25, 0.3) is 17.0 Å². The molecule has 0 spiro atoms. The van der Waals surface area contributed by atoms with E-state index in [2.05, 4.69) is 6.07 Å². The molecule has 2 aromatic carbocycles. The Labute approximate surface area is 222 Å². The highest BCUT2D eigenvalue weighted by molar-refractivity contribution is 8.17. The third-order valence-corrected chi connectivity index (χ3v) is 6.99. The number of aliphatic imine (C=N–C) groups is 1. The summed E-state index contributed by atoms with van der Waals surface area (Å²) >= 11 is 1.13. The zero-order valence-corrected chi connectivity index (χ0v) is 21.3. The molecule has 0 saturated carbocycles. The summed E-state index contributed by atoms with van der Waals surface area (Å²) in [6.07, 6.45) is 0. The summed E-state index contributed by atoms with van der Waals surface area (Å²) in [6, 6.07) is 20.8. The lowest BCUT2D eigenvalue weighted by Gasteiger charge is -2.33. The van der Waals surface area contributed by atoms with E-state index in [1.807, 2.05) is 30.3 Å². The van der Waals surface area contributed by atoms with Crippen LogP contribution in [0.15, 0.2) is 92.4 Å². The lowest BCUT2D eigenvalue weighted by atomic mass is 9.96. The number of thioether (sulfide) groups is 1. The highest BCUT2D eigenvalue weighted by Crippen LogP contribution is 2.48. The van der Waals surface area contributed by atoms with E-state index in [0.29, 0.717) is 33.5 Å². The molecule has 0 saturated heterocycles. The van der Waals surface area contributed by atoms with Crippen molar-refractivity contribution in [3.8, 4) is 17.4 Å². The number of nitrogens with two attached hydrogens (primary N) is 1. The van der Waals surface area contributed by atoms with Gasteiger partial charge in [0.1, 0.15) is 34.4 Å². The first-order valence-corrected chi connectivity index (χ1v) is 12.5. The number of carbonyl (C=O) groups excluding carboxylic acids is 2. The molecule has 0 bridgehead atoms. The van der Waals surface area contributed by atoms with Crippen LogP contribution in [0.4, 0.5) is 0 Å². The number of hydrogen-bond donors (Lipinski definition) is 1. The van der Waals surface area contributed by atoms with Gasteiger partial charge in [0.05, 0.1) is 30.6 Å². The summed E-state index contributed by atoms with van der Waals surface area (Å²) < 4.78 is 16.5. The molecule has 38 heavy (non-hydrogen) atoms. The molecule has 1 atom stereocenters. The smallest absolute Gasteiger partial charge is 0.338 e. The lowest BCUT2D eigenvalue weighted by molar-refractivity contribution is -0.139. The van der Waals surface area contributed by atoms with Crippen LogP contribution < -0.4 is 5.73 Å². The van der Waals surface area contributed by atoms with Gasteiger partial charge in [-0.15, -0.1) is 0 Å². The van der Waals surface area contributed by atoms with Gasteiger partial charge in [-0.25, -0.2) is 14.6 Å². The van der Waals surface area contributed by atoms with E-state index in [0.717, 1.165) is 17.3 Å². The van der Waals surface area contributed by atoms with Gasteiger partial charge in [0.15, 0.2) is 5.17 Å². The van der Waals surface area contributed by atoms with E-state index in [1.54, 1.807) is 48.2 Å². The first-order valence-electron chi connectivity index (χ1n) is 11.7. The molecule has 3 heterocycles. The molecular formula is C28H22N4O5S. The number of amidine groups is 1. The molecule has 0 amide bonds. The molecule has 0 fully saturated rings. The van der Waals surface area contributed by atoms with Crippen molar-refractivity contribution in [3.05, 3.63) is 99.9 Å². The fraction of sp³-hybridized carbons (Fsp3) is 0.143. The molecule has 2 aliphatic rings. The molecular weight excluding hydrogens is 504 g/mol. The predicted molar refractivity (Wildman–Crippen MR) is 142 cm³/mol. The van der Waals surface area contributed by atoms with Crippen molar-refractivity contribution >= 4 is 34.6 Å². The molecule has 2 aliphatic heterocycles. The Bertz CT molecular complexity index is 1550. The zero-order chi connectivity index (χ0) is 26.8. The maximum atomic E-state index is 13.4. The van der Waals surface area contributed by atoms with Gasteiger partial charge < -0.3 is 19.6 Å². The zero-order valence-electron chi connectivity index (χ0n) is 20.5. The summed E-state index contributed by atoms with van der Waals surface area (Å²) in [7, 11) is 1.32. The van der Waals surface area contributed by atoms with Crippen molar-refractivity contribution in [1.82, 2.24) is 4.90 Å². The highest BCUT2D eigenvalue weighted by Gasteiger charge is 2.45. The van der Waals surface area contributed by atoms with Crippen LogP contribution in [0.1, 0.15) is 34.6 Å². The SMILES string of the molecule is CCOC(=O)C1=C(c2ccccc2)N=C2SC(C#N)=C(N)N2[C@@H]1c1ccc(-c2ccc(C(=O)OC)cc2)o1. The van der Waals surface area contributed by atoms with E-state index in [4.69, 9.17) is 24.6 Å². The molecule has 2 N–H and O–H groups in total. The fourth-order valence-electron chi connectivity index (χ4n) is 4.27. The van der Waals surface area contributed by atoms with Crippen LogP contribution in [0, 0.1) is 11.3 Å². The number of esters is 2. The van der Waals surface area contributed by atoms with Gasteiger partial charge >= 0.3 is 11.9 Å². The van der Waals surface area contributed by atoms with Crippen LogP contribution in [0.2, 0.25) is 0 Å². The second-order valence-electron chi connectivity index (χ2n) is 8.21. The van der Waals surface area contributed by atoms with Crippen molar-refractivity contribution < 1.29 is 23.5 Å². The summed E-state index contributed by atoms with van der Waals surface area (Å²) in [6.45, 7) is 1.89. The number of allylic oxidation sites excluding steroid dienone is 1. The molecule has 1 aromatic heterocycles. The minimum absolute atomic E-state index is 0.160. The van der Waals surface area contributed by atoms with Crippen LogP contribution >= 0.6 is 11.8 Å². The third-order valence-electron chi connectivity index (χ3n) is 6.02. The number of furan rings is 1. The lowest BCUT2D eigenvalue weighted by Crippen LogP contribution is -2.38. The largest absolute Gasteiger partial charge is 0.465 e. The number of nitriles is 1. The van der Waals surface area contributed by atoms with Gasteiger partial charge in [0, 0.05) is 11.1 Å². The number of ether oxygens (including phenoxy) is 2. The summed E-state index contributed by atoms with van der Waals surface area (Å²) in [5, 5.41) is 10.1. The minimum Gasteiger partial charge on any atom is -0.465 e. The van der Waals surface area contributed by atoms with Crippen LogP contribution in [0.3, 0.4) is 0 Å². The van der Waals surface area contributed by atoms with Crippen molar-refractivity contribution in [2.24, 2.45) is 10.7 Å². The Balaban J connectivity index is 1.66. The van der Waals surface area contributed by atoms with E-state index >= 15 is 0 Å². The van der Waals surface area contributed by atoms with Gasteiger partial charge in [-0.3, -0.25) is 4.90 Å². The normalized spacial score (nSPS) is 16.6. The number of methoxy groups -OCH3 is 1. The van der Waals surface area contributed by atoms with Crippen molar-refractivity contribution in [2.45, 2.75) is 13.0 Å². The number of nitrogens with zero attached hydrogens (tertiary/aromatic N) is 3. The molecule has 190 valence electrons. The maximum absolute atomic E-state index is 13.4. The molecule has 9 nitrogen and oxygen atoms in total. The summed E-state index contributed by atoms with van der Waals surface area (Å²) in [4.78, 5) is 31.9. The standard InChI is InChI=1S/C28H22N4O5S/c1-3-36-27(34)22-23(17-7-5-4-6-8-17)31-28-32(25(30)21(15-29)38-28)24(22)20-14-13-19(37-20)16-9-11-18(12-10-16)26(33)35-2/h4-14,24H,3,30H2,1-2H3/t24-/m1/s1. The Hall–Kier alpha value is -4.75. The van der Waals surface area contributed by atoms with Crippen LogP contribution in [-0.4, -0.2) is 35.7 Å². The minimum atomic E-state index is -0.835. The fourth-order valence-corrected chi connectivity index (χ4v) is 5.14. The number of fused-ring (bicyclic) bond motifs is 1. The topological polar surface area (TPSA) is 131 Å². The van der Waals surface area contributed by atoms with Gasteiger partial charge in [0.25, 0.3) is 0 Å². The Morgan fingerprint density at radius 1 is 1.08 bits per heavy atom. The quantitative estimate of drug-likeness (QED) is 0.449. The number of hydrogen-bond acceptors (Lipinski definition) is 10. The van der Waals surface area contributed by atoms with Crippen molar-refractivity contribution in [2.75, 3.05) is 13.7 Å². The number of rotatable bonds is 6. The highest BCUT2D eigenvalue weighted by atomic mass is 32.2. The predicted octanol–water partition coefficient (Wildman–Crippen LogP) is 4.82. The Morgan fingerprint density at radius 2 is 1.82 bits per heavy atom. The van der Waals surface area contributed by atoms with Gasteiger partial charge in [-0.2, -0.15) is 5.26 Å². The molecule has 0 unspecified atom stereocenters. The molecule has 5 rings (SSSR count). The van der Waals surface area contributed by atoms with Gasteiger partial charge in [-0.1, -0.05) is 42.5 Å². The van der Waals surface area contributed by atoms with Gasteiger partial charge in [0.2, 0.25) is 0 Å². The summed E-state index contributed by atoms with van der Waals surface area (Å²) in [5.41, 5.74) is 8.89. The van der Waals surface area contributed by atoms with Crippen molar-refractivity contribution in [3.63, 3.8) is 0 Å². The van der Waals surface area contributed by atoms with E-state index in [9.17, 15) is 14.9 Å². The van der Waals surface area contributed by atoms with Gasteiger partial charge in [-0.05, 0) is 43.0 Å². The number of carbonyl (C=O) groups is 2. The molecule has 3 aromatic rings. The third kappa shape index (κ3) is 4.33.